The number of pyridine rings is 1. The van der Waals surface area contributed by atoms with Gasteiger partial charge in [0.25, 0.3) is 0 Å². The molecule has 0 radical (unpaired) electrons. The van der Waals surface area contributed by atoms with Gasteiger partial charge in [-0.05, 0) is 41.3 Å². The van der Waals surface area contributed by atoms with Gasteiger partial charge in [0.15, 0.2) is 11.5 Å². The summed E-state index contributed by atoms with van der Waals surface area (Å²) >= 11 is 0. The molecule has 4 heteroatoms. The molecule has 1 aromatic carbocycles. The number of nitrogens with zero attached hydrogens (tertiary/aromatic N) is 1. The van der Waals surface area contributed by atoms with Gasteiger partial charge in [0.2, 0.25) is 0 Å². The van der Waals surface area contributed by atoms with E-state index < -0.39 is 0 Å². The zero-order valence-corrected chi connectivity index (χ0v) is 11.2. The van der Waals surface area contributed by atoms with Gasteiger partial charge in [0.1, 0.15) is 0 Å². The molecule has 0 atom stereocenters. The largest absolute Gasteiger partial charge is 0.493 e. The number of methoxy groups -OCH3 is 2. The molecule has 0 bridgehead atoms. The van der Waals surface area contributed by atoms with Crippen molar-refractivity contribution in [2.24, 2.45) is 5.73 Å². The minimum Gasteiger partial charge on any atom is -0.493 e. The smallest absolute Gasteiger partial charge is 0.161 e. The number of rotatable bonds is 5. The van der Waals surface area contributed by atoms with Gasteiger partial charge in [-0.15, -0.1) is 0 Å². The fourth-order valence-corrected chi connectivity index (χ4v) is 2.04. The van der Waals surface area contributed by atoms with Crippen molar-refractivity contribution in [3.8, 4) is 11.5 Å². The number of nitrogens with two attached hydrogens (primary N) is 1. The van der Waals surface area contributed by atoms with Crippen LogP contribution in [0.3, 0.4) is 0 Å². The van der Waals surface area contributed by atoms with Crippen LogP contribution >= 0.6 is 0 Å². The number of aromatic nitrogens is 1. The highest BCUT2D eigenvalue weighted by Crippen LogP contribution is 2.31. The van der Waals surface area contributed by atoms with Crippen LogP contribution in [0.15, 0.2) is 36.7 Å². The molecule has 0 saturated carbocycles. The molecule has 0 fully saturated rings. The molecule has 0 aliphatic rings. The standard InChI is InChI=1S/C15H18N2O2/c1-18-14-7-12(6-11-4-3-5-17-10-11)13(9-16)8-15(14)19-2/h3-5,7-8,10H,6,9,16H2,1-2H3. The third-order valence-electron chi connectivity index (χ3n) is 3.04. The molecule has 1 heterocycles. The van der Waals surface area contributed by atoms with Crippen LogP contribution in [0.1, 0.15) is 16.7 Å². The lowest BCUT2D eigenvalue weighted by molar-refractivity contribution is 0.354. The van der Waals surface area contributed by atoms with Crippen molar-refractivity contribution in [2.75, 3.05) is 14.2 Å². The average molecular weight is 258 g/mol. The predicted molar refractivity (Wildman–Crippen MR) is 74.5 cm³/mol. The first kappa shape index (κ1) is 13.4. The van der Waals surface area contributed by atoms with Crippen LogP contribution in [0.5, 0.6) is 11.5 Å². The zero-order valence-electron chi connectivity index (χ0n) is 11.2. The number of hydrogen-bond donors (Lipinski definition) is 1. The molecule has 1 aromatic heterocycles. The van der Waals surface area contributed by atoms with Crippen molar-refractivity contribution in [3.63, 3.8) is 0 Å². The van der Waals surface area contributed by atoms with E-state index in [4.69, 9.17) is 15.2 Å². The minimum absolute atomic E-state index is 0.468. The molecular formula is C15H18N2O2. The Bertz CT molecular complexity index is 541. The van der Waals surface area contributed by atoms with Crippen LogP contribution < -0.4 is 15.2 Å². The molecule has 0 aliphatic heterocycles. The first-order valence-electron chi connectivity index (χ1n) is 6.11. The molecular weight excluding hydrogens is 240 g/mol. The molecule has 100 valence electrons. The first-order valence-corrected chi connectivity index (χ1v) is 6.11. The Hall–Kier alpha value is -2.07. The van der Waals surface area contributed by atoms with E-state index in [1.54, 1.807) is 20.4 Å². The highest BCUT2D eigenvalue weighted by atomic mass is 16.5. The summed E-state index contributed by atoms with van der Waals surface area (Å²) < 4.78 is 10.6. The van der Waals surface area contributed by atoms with E-state index in [-0.39, 0.29) is 0 Å². The van der Waals surface area contributed by atoms with Crippen LogP contribution in [0.25, 0.3) is 0 Å². The van der Waals surface area contributed by atoms with Crippen LogP contribution in [0, 0.1) is 0 Å². The maximum Gasteiger partial charge on any atom is 0.161 e. The van der Waals surface area contributed by atoms with Crippen molar-refractivity contribution in [3.05, 3.63) is 53.3 Å². The minimum atomic E-state index is 0.468. The van der Waals surface area contributed by atoms with Crippen LogP contribution in [0.2, 0.25) is 0 Å². The number of ether oxygens (including phenoxy) is 2. The maximum atomic E-state index is 5.81. The van der Waals surface area contributed by atoms with E-state index in [0.29, 0.717) is 12.3 Å². The Kier molecular flexibility index (Phi) is 4.36. The lowest BCUT2D eigenvalue weighted by Gasteiger charge is -2.14. The molecule has 4 nitrogen and oxygen atoms in total. The summed E-state index contributed by atoms with van der Waals surface area (Å²) in [4.78, 5) is 4.13. The van der Waals surface area contributed by atoms with Crippen molar-refractivity contribution >= 4 is 0 Å². The Morgan fingerprint density at radius 2 is 1.79 bits per heavy atom. The lowest BCUT2D eigenvalue weighted by atomic mass is 10.00. The second-order valence-corrected chi connectivity index (χ2v) is 4.22. The van der Waals surface area contributed by atoms with E-state index >= 15 is 0 Å². The molecule has 2 aromatic rings. The summed E-state index contributed by atoms with van der Waals surface area (Å²) in [6.45, 7) is 0.468. The summed E-state index contributed by atoms with van der Waals surface area (Å²) in [6, 6.07) is 7.89. The molecule has 0 aliphatic carbocycles. The van der Waals surface area contributed by atoms with Crippen molar-refractivity contribution in [1.29, 1.82) is 0 Å². The van der Waals surface area contributed by atoms with E-state index in [9.17, 15) is 0 Å². The third-order valence-corrected chi connectivity index (χ3v) is 3.04. The predicted octanol–water partition coefficient (Wildman–Crippen LogP) is 2.15. The SMILES string of the molecule is COc1cc(CN)c(Cc2cccnc2)cc1OC. The molecule has 0 spiro atoms. The van der Waals surface area contributed by atoms with E-state index in [0.717, 1.165) is 28.9 Å². The fraction of sp³-hybridized carbons (Fsp3) is 0.267. The van der Waals surface area contributed by atoms with Gasteiger partial charge in [0, 0.05) is 18.9 Å². The Morgan fingerprint density at radius 1 is 1.11 bits per heavy atom. The van der Waals surface area contributed by atoms with Gasteiger partial charge >= 0.3 is 0 Å². The van der Waals surface area contributed by atoms with Crippen LogP contribution in [-0.2, 0) is 13.0 Å². The van der Waals surface area contributed by atoms with Gasteiger partial charge in [-0.2, -0.15) is 0 Å². The monoisotopic (exact) mass is 258 g/mol. The Labute approximate surface area is 113 Å². The van der Waals surface area contributed by atoms with Crippen LogP contribution in [-0.4, -0.2) is 19.2 Å². The first-order chi connectivity index (χ1) is 9.28. The molecule has 0 amide bonds. The maximum absolute atomic E-state index is 5.81. The second kappa shape index (κ2) is 6.20. The van der Waals surface area contributed by atoms with Crippen molar-refractivity contribution in [2.45, 2.75) is 13.0 Å². The van der Waals surface area contributed by atoms with Gasteiger partial charge in [-0.3, -0.25) is 4.98 Å². The van der Waals surface area contributed by atoms with E-state index in [1.807, 2.05) is 30.5 Å². The third kappa shape index (κ3) is 3.03. The van der Waals surface area contributed by atoms with E-state index in [2.05, 4.69) is 4.98 Å². The summed E-state index contributed by atoms with van der Waals surface area (Å²) in [5.41, 5.74) is 9.14. The average Bonchev–Trinajstić information content (AvgIpc) is 2.47. The highest BCUT2D eigenvalue weighted by Gasteiger charge is 2.10. The van der Waals surface area contributed by atoms with Gasteiger partial charge in [-0.1, -0.05) is 6.07 Å². The van der Waals surface area contributed by atoms with Crippen LogP contribution in [0.4, 0.5) is 0 Å². The second-order valence-electron chi connectivity index (χ2n) is 4.22. The summed E-state index contributed by atoms with van der Waals surface area (Å²) in [6.07, 6.45) is 4.40. The highest BCUT2D eigenvalue weighted by molar-refractivity contribution is 5.48. The zero-order chi connectivity index (χ0) is 13.7. The normalized spacial score (nSPS) is 10.3. The van der Waals surface area contributed by atoms with Crippen molar-refractivity contribution in [1.82, 2.24) is 4.98 Å². The molecule has 2 N–H and O–H groups in total. The molecule has 0 saturated heterocycles. The Balaban J connectivity index is 2.38. The molecule has 2 rings (SSSR count). The molecule has 19 heavy (non-hydrogen) atoms. The quantitative estimate of drug-likeness (QED) is 0.892. The summed E-state index contributed by atoms with van der Waals surface area (Å²) in [7, 11) is 3.26. The van der Waals surface area contributed by atoms with Gasteiger partial charge < -0.3 is 15.2 Å². The fourth-order valence-electron chi connectivity index (χ4n) is 2.04. The summed E-state index contributed by atoms with van der Waals surface area (Å²) in [5.74, 6) is 1.43. The topological polar surface area (TPSA) is 57.4 Å². The molecule has 0 unspecified atom stereocenters. The van der Waals surface area contributed by atoms with Gasteiger partial charge in [-0.25, -0.2) is 0 Å². The van der Waals surface area contributed by atoms with Gasteiger partial charge in [0.05, 0.1) is 14.2 Å². The number of benzene rings is 1. The summed E-state index contributed by atoms with van der Waals surface area (Å²) in [5, 5.41) is 0. The Morgan fingerprint density at radius 3 is 2.32 bits per heavy atom. The number of hydrogen-bond acceptors (Lipinski definition) is 4. The van der Waals surface area contributed by atoms with E-state index in [1.165, 1.54) is 0 Å². The lowest BCUT2D eigenvalue weighted by Crippen LogP contribution is -2.04. The van der Waals surface area contributed by atoms with Crippen molar-refractivity contribution < 1.29 is 9.47 Å².